The predicted octanol–water partition coefficient (Wildman–Crippen LogP) is 6.03. The normalized spacial score (nSPS) is 20.2. The predicted molar refractivity (Wildman–Crippen MR) is 150 cm³/mol. The van der Waals surface area contributed by atoms with Crippen LogP contribution in [0.2, 0.25) is 0 Å². The van der Waals surface area contributed by atoms with Gasteiger partial charge in [0, 0.05) is 42.7 Å². The van der Waals surface area contributed by atoms with Gasteiger partial charge in [-0.25, -0.2) is 19.2 Å². The van der Waals surface area contributed by atoms with Crippen molar-refractivity contribution in [2.45, 2.75) is 71.1 Å². The topological polar surface area (TPSA) is 76.4 Å². The number of fused-ring (bicyclic) bond motifs is 2. The molecule has 1 aliphatic carbocycles. The molecular weight excluding hydrogens is 495 g/mol. The highest BCUT2D eigenvalue weighted by Gasteiger charge is 2.36. The Balaban J connectivity index is 1.33. The van der Waals surface area contributed by atoms with E-state index in [1.54, 1.807) is 11.7 Å². The monoisotopic (exact) mass is 530 g/mol. The number of anilines is 1. The highest BCUT2D eigenvalue weighted by atomic mass is 19.1. The number of piperazine rings is 1. The number of nitrogens with zero attached hydrogens (tertiary/aromatic N) is 6. The number of aromatic nitrogens is 4. The lowest BCUT2D eigenvalue weighted by atomic mass is 10.0. The third-order valence-corrected chi connectivity index (χ3v) is 7.56. The summed E-state index contributed by atoms with van der Waals surface area (Å²) in [5, 5.41) is 6.01. The second kappa shape index (κ2) is 9.17. The molecule has 39 heavy (non-hydrogen) atoms. The zero-order valence-electron chi connectivity index (χ0n) is 23.4. The summed E-state index contributed by atoms with van der Waals surface area (Å²) in [5.41, 5.74) is 4.18. The Kier molecular flexibility index (Phi) is 6.00. The number of pyridine rings is 2. The van der Waals surface area contributed by atoms with Crippen molar-refractivity contribution in [2.75, 3.05) is 18.0 Å². The van der Waals surface area contributed by atoms with E-state index in [-0.39, 0.29) is 24.0 Å². The van der Waals surface area contributed by atoms with Gasteiger partial charge in [-0.15, -0.1) is 0 Å². The van der Waals surface area contributed by atoms with E-state index in [2.05, 4.69) is 36.0 Å². The molecule has 0 N–H and O–H groups in total. The van der Waals surface area contributed by atoms with E-state index in [1.165, 1.54) is 11.6 Å². The first-order valence-corrected chi connectivity index (χ1v) is 13.7. The molecule has 9 heteroatoms. The molecule has 2 atom stereocenters. The Morgan fingerprint density at radius 2 is 1.79 bits per heavy atom. The van der Waals surface area contributed by atoms with Gasteiger partial charge in [-0.3, -0.25) is 9.58 Å². The molecule has 1 amide bonds. The van der Waals surface area contributed by atoms with Crippen molar-refractivity contribution < 1.29 is 13.9 Å². The Morgan fingerprint density at radius 3 is 2.46 bits per heavy atom. The second-order valence-corrected chi connectivity index (χ2v) is 12.1. The number of carbonyl (C=O) groups is 1. The van der Waals surface area contributed by atoms with Crippen molar-refractivity contribution >= 4 is 33.7 Å². The highest BCUT2D eigenvalue weighted by Crippen LogP contribution is 2.44. The molecule has 1 aromatic carbocycles. The van der Waals surface area contributed by atoms with Gasteiger partial charge in [-0.05, 0) is 83.2 Å². The molecule has 8 nitrogen and oxygen atoms in total. The van der Waals surface area contributed by atoms with E-state index in [1.807, 2.05) is 44.1 Å². The molecule has 0 spiro atoms. The molecule has 0 bridgehead atoms. The lowest BCUT2D eigenvalue weighted by Crippen LogP contribution is -2.59. The molecule has 1 saturated carbocycles. The zero-order chi connectivity index (χ0) is 27.6. The average Bonchev–Trinajstić information content (AvgIpc) is 3.62. The summed E-state index contributed by atoms with van der Waals surface area (Å²) < 4.78 is 22.1. The van der Waals surface area contributed by atoms with Gasteiger partial charge in [0.25, 0.3) is 0 Å². The van der Waals surface area contributed by atoms with Crippen molar-refractivity contribution in [1.82, 2.24) is 24.6 Å². The Labute approximate surface area is 227 Å². The highest BCUT2D eigenvalue weighted by molar-refractivity contribution is 5.88. The van der Waals surface area contributed by atoms with Crippen LogP contribution < -0.4 is 4.90 Å². The summed E-state index contributed by atoms with van der Waals surface area (Å²) in [5.74, 6) is 0.107. The fourth-order valence-corrected chi connectivity index (χ4v) is 5.74. The minimum Gasteiger partial charge on any atom is -0.444 e. The van der Waals surface area contributed by atoms with E-state index in [0.29, 0.717) is 30.2 Å². The fraction of sp³-hybridized carbons (Fsp3) is 0.467. The third kappa shape index (κ3) is 4.90. The number of halogens is 1. The van der Waals surface area contributed by atoms with Gasteiger partial charge in [0.1, 0.15) is 11.1 Å². The SMILES string of the molecule is C[C@H]1CN(c2cnc3nc(-c4cc(F)c5nn(C)cc5c4)cc(C4CC4)c3c2)C[C@H](C)N1C(=O)OC(C)(C)C. The van der Waals surface area contributed by atoms with Crippen LogP contribution in [0.25, 0.3) is 33.2 Å². The van der Waals surface area contributed by atoms with Gasteiger partial charge in [-0.2, -0.15) is 5.10 Å². The van der Waals surface area contributed by atoms with Gasteiger partial charge >= 0.3 is 6.09 Å². The molecule has 6 rings (SSSR count). The van der Waals surface area contributed by atoms with Crippen LogP contribution in [0.5, 0.6) is 0 Å². The molecule has 204 valence electrons. The summed E-state index contributed by atoms with van der Waals surface area (Å²) in [6.07, 6.45) is 5.67. The molecular formula is C30H35FN6O2. The first-order chi connectivity index (χ1) is 18.5. The van der Waals surface area contributed by atoms with Crippen LogP contribution in [0, 0.1) is 5.82 Å². The maximum Gasteiger partial charge on any atom is 0.410 e. The van der Waals surface area contributed by atoms with E-state index in [4.69, 9.17) is 14.7 Å². The smallest absolute Gasteiger partial charge is 0.410 e. The Hall–Kier alpha value is -3.75. The molecule has 1 aliphatic heterocycles. The summed E-state index contributed by atoms with van der Waals surface area (Å²) in [6, 6.07) is 7.72. The van der Waals surface area contributed by atoms with Crippen LogP contribution in [0.4, 0.5) is 14.9 Å². The standard InChI is InChI=1S/C30H35FN6O2/c1-17-14-36(15-18(2)37(17)29(38)39-30(3,4)5)22-11-24-23(19-7-8-19)12-26(33-28(24)32-13-22)20-9-21-16-35(6)34-27(21)25(31)10-20/h9-13,16-19H,7-8,14-15H2,1-6H3/t17-,18-/m0/s1. The number of carbonyl (C=O) groups excluding carboxylic acids is 1. The number of hydrogen-bond donors (Lipinski definition) is 0. The number of benzene rings is 1. The molecule has 0 radical (unpaired) electrons. The van der Waals surface area contributed by atoms with Gasteiger partial charge in [0.15, 0.2) is 11.5 Å². The minimum atomic E-state index is -0.531. The lowest BCUT2D eigenvalue weighted by Gasteiger charge is -2.45. The summed E-state index contributed by atoms with van der Waals surface area (Å²) in [4.78, 5) is 26.6. The second-order valence-electron chi connectivity index (χ2n) is 12.1. The maximum absolute atomic E-state index is 14.9. The van der Waals surface area contributed by atoms with Gasteiger partial charge in [0.05, 0.1) is 29.7 Å². The van der Waals surface area contributed by atoms with Crippen molar-refractivity contribution in [3.05, 3.63) is 48.0 Å². The van der Waals surface area contributed by atoms with E-state index in [9.17, 15) is 9.18 Å². The van der Waals surface area contributed by atoms with Crippen LogP contribution in [0.3, 0.4) is 0 Å². The molecule has 1 saturated heterocycles. The number of ether oxygens (including phenoxy) is 1. The first kappa shape index (κ1) is 25.5. The van der Waals surface area contributed by atoms with Crippen LogP contribution in [0.15, 0.2) is 36.7 Å². The van der Waals surface area contributed by atoms with E-state index < -0.39 is 5.60 Å². The van der Waals surface area contributed by atoms with Gasteiger partial charge in [0.2, 0.25) is 0 Å². The Morgan fingerprint density at radius 1 is 1.08 bits per heavy atom. The van der Waals surface area contributed by atoms with Crippen molar-refractivity contribution in [3.63, 3.8) is 0 Å². The van der Waals surface area contributed by atoms with Crippen molar-refractivity contribution in [2.24, 2.45) is 7.05 Å². The van der Waals surface area contributed by atoms with Crippen LogP contribution in [0.1, 0.15) is 58.9 Å². The number of amides is 1. The Bertz CT molecular complexity index is 1580. The maximum atomic E-state index is 14.9. The summed E-state index contributed by atoms with van der Waals surface area (Å²) >= 11 is 0. The van der Waals surface area contributed by atoms with E-state index in [0.717, 1.165) is 40.6 Å². The molecule has 2 fully saturated rings. The largest absolute Gasteiger partial charge is 0.444 e. The lowest BCUT2D eigenvalue weighted by molar-refractivity contribution is 0.00566. The van der Waals surface area contributed by atoms with Crippen molar-refractivity contribution in [1.29, 1.82) is 0 Å². The van der Waals surface area contributed by atoms with Gasteiger partial charge in [-0.1, -0.05) is 0 Å². The van der Waals surface area contributed by atoms with Crippen LogP contribution >= 0.6 is 0 Å². The fourth-order valence-electron chi connectivity index (χ4n) is 5.74. The third-order valence-electron chi connectivity index (χ3n) is 7.56. The van der Waals surface area contributed by atoms with Crippen molar-refractivity contribution in [3.8, 4) is 11.3 Å². The van der Waals surface area contributed by atoms with E-state index >= 15 is 0 Å². The molecule has 4 aromatic rings. The van der Waals surface area contributed by atoms with Gasteiger partial charge < -0.3 is 9.64 Å². The number of rotatable bonds is 3. The van der Waals surface area contributed by atoms with Crippen LogP contribution in [-0.4, -0.2) is 61.5 Å². The summed E-state index contributed by atoms with van der Waals surface area (Å²) in [7, 11) is 1.79. The summed E-state index contributed by atoms with van der Waals surface area (Å²) in [6.45, 7) is 11.2. The molecule has 0 unspecified atom stereocenters. The number of aryl methyl sites for hydroxylation is 1. The van der Waals surface area contributed by atoms with Crippen LogP contribution in [-0.2, 0) is 11.8 Å². The molecule has 3 aromatic heterocycles. The first-order valence-electron chi connectivity index (χ1n) is 13.7. The average molecular weight is 531 g/mol. The molecule has 4 heterocycles. The number of hydrogen-bond acceptors (Lipinski definition) is 6. The quantitative estimate of drug-likeness (QED) is 0.322. The molecule has 2 aliphatic rings. The zero-order valence-corrected chi connectivity index (χ0v) is 23.4. The minimum absolute atomic E-state index is 0.0139.